The van der Waals surface area contributed by atoms with Crippen LogP contribution in [-0.4, -0.2) is 39.7 Å². The van der Waals surface area contributed by atoms with Crippen molar-refractivity contribution >= 4 is 30.4 Å². The zero-order chi connectivity index (χ0) is 11.1. The van der Waals surface area contributed by atoms with E-state index in [0.717, 1.165) is 0 Å². The number of hydrogen-bond donors (Lipinski definition) is 0. The Bertz CT molecular complexity index is 81.0. The Hall–Kier alpha value is 0.890. The Morgan fingerprint density at radius 2 is 1.50 bits per heavy atom. The second kappa shape index (κ2) is 19.5. The predicted octanol–water partition coefficient (Wildman–Crippen LogP) is 3.03. The van der Waals surface area contributed by atoms with Crippen LogP contribution in [0.4, 0.5) is 4.39 Å². The molecule has 0 aliphatic rings. The van der Waals surface area contributed by atoms with E-state index in [-0.39, 0.29) is 6.61 Å². The summed E-state index contributed by atoms with van der Waals surface area (Å²) in [5, 5.41) is 0. The topological polar surface area (TPSA) is 27.7 Å². The van der Waals surface area contributed by atoms with Gasteiger partial charge in [0.2, 0.25) is 0 Å². The molecule has 0 saturated heterocycles. The molecule has 0 aromatic heterocycles. The molecule has 0 radical (unpaired) electrons. The fraction of sp³-hybridized carbons (Fsp3) is 1.00. The van der Waals surface area contributed by atoms with Gasteiger partial charge in [0.15, 0.2) is 0 Å². The van der Waals surface area contributed by atoms with Crippen LogP contribution >= 0.6 is 30.4 Å². The van der Waals surface area contributed by atoms with Gasteiger partial charge < -0.3 is 13.7 Å². The molecule has 0 atom stereocenters. The SMILES string of the molecule is CC.FCCOCCOCCOSI. The smallest absolute Gasteiger partial charge is 0.113 e. The Labute approximate surface area is 102 Å². The fourth-order valence-corrected chi connectivity index (χ4v) is 1.17. The molecular weight excluding hydrogens is 322 g/mol. The van der Waals surface area contributed by atoms with Gasteiger partial charge in [0.05, 0.1) is 42.2 Å². The average molecular weight is 340 g/mol. The largest absolute Gasteiger partial charge is 0.377 e. The van der Waals surface area contributed by atoms with E-state index in [1.165, 1.54) is 9.21 Å². The predicted molar refractivity (Wildman–Crippen MR) is 66.5 cm³/mol. The zero-order valence-electron chi connectivity index (χ0n) is 8.63. The van der Waals surface area contributed by atoms with Crippen LogP contribution < -0.4 is 0 Å². The van der Waals surface area contributed by atoms with Crippen molar-refractivity contribution in [3.63, 3.8) is 0 Å². The molecule has 0 aromatic carbocycles. The number of rotatable bonds is 9. The van der Waals surface area contributed by atoms with Crippen molar-refractivity contribution in [1.82, 2.24) is 0 Å². The second-order valence-corrected chi connectivity index (χ2v) is 3.24. The molecule has 14 heavy (non-hydrogen) atoms. The van der Waals surface area contributed by atoms with Gasteiger partial charge in [-0.15, -0.1) is 0 Å². The summed E-state index contributed by atoms with van der Waals surface area (Å²) in [4.78, 5) is 0. The lowest BCUT2D eigenvalue weighted by atomic mass is 10.7. The molecule has 0 aromatic rings. The van der Waals surface area contributed by atoms with Gasteiger partial charge in [0.25, 0.3) is 0 Å². The minimum atomic E-state index is -0.436. The molecule has 3 nitrogen and oxygen atoms in total. The molecule has 0 fully saturated rings. The van der Waals surface area contributed by atoms with E-state index in [9.17, 15) is 4.39 Å². The standard InChI is InChI=1S/C6H12FIO3S.C2H6/c7-1-2-9-3-4-10-5-6-11-12-8;1-2/h1-6H2;1-2H3. The first kappa shape index (κ1) is 17.3. The average Bonchev–Trinajstić information content (AvgIpc) is 2.25. The molecule has 0 unspecified atom stereocenters. The lowest BCUT2D eigenvalue weighted by Gasteiger charge is -2.03. The third kappa shape index (κ3) is 18.6. The van der Waals surface area contributed by atoms with Crippen molar-refractivity contribution < 1.29 is 18.0 Å². The second-order valence-electron chi connectivity index (χ2n) is 1.80. The summed E-state index contributed by atoms with van der Waals surface area (Å²) in [6, 6.07) is 0. The van der Waals surface area contributed by atoms with Gasteiger partial charge in [0, 0.05) is 21.2 Å². The number of alkyl halides is 1. The highest BCUT2D eigenvalue weighted by Gasteiger charge is 1.89. The zero-order valence-corrected chi connectivity index (χ0v) is 11.6. The van der Waals surface area contributed by atoms with Gasteiger partial charge in [-0.05, 0) is 0 Å². The monoisotopic (exact) mass is 340 g/mol. The maximum atomic E-state index is 11.5. The molecule has 0 amide bonds. The van der Waals surface area contributed by atoms with Crippen LogP contribution in [0.2, 0.25) is 0 Å². The van der Waals surface area contributed by atoms with E-state index in [1.807, 2.05) is 35.1 Å². The summed E-state index contributed by atoms with van der Waals surface area (Å²) in [6.07, 6.45) is 0. The lowest BCUT2D eigenvalue weighted by Crippen LogP contribution is -2.08. The molecule has 0 rings (SSSR count). The summed E-state index contributed by atoms with van der Waals surface area (Å²) in [5.41, 5.74) is 0. The highest BCUT2D eigenvalue weighted by molar-refractivity contribution is 14.2. The molecule has 0 aliphatic carbocycles. The van der Waals surface area contributed by atoms with Crippen molar-refractivity contribution in [2.24, 2.45) is 0 Å². The Morgan fingerprint density at radius 1 is 1.00 bits per heavy atom. The van der Waals surface area contributed by atoms with Crippen molar-refractivity contribution in [3.8, 4) is 0 Å². The molecule has 0 heterocycles. The van der Waals surface area contributed by atoms with Crippen molar-refractivity contribution in [3.05, 3.63) is 0 Å². The number of hydrogen-bond acceptors (Lipinski definition) is 4. The number of ether oxygens (including phenoxy) is 2. The van der Waals surface area contributed by atoms with E-state index in [2.05, 4.69) is 0 Å². The van der Waals surface area contributed by atoms with Crippen LogP contribution in [0.25, 0.3) is 0 Å². The fourth-order valence-electron chi connectivity index (χ4n) is 0.501. The molecule has 6 heteroatoms. The van der Waals surface area contributed by atoms with E-state index >= 15 is 0 Å². The molecular formula is C8H18FIO3S. The van der Waals surface area contributed by atoms with Crippen LogP contribution in [0, 0.1) is 0 Å². The van der Waals surface area contributed by atoms with Crippen LogP contribution in [0.3, 0.4) is 0 Å². The van der Waals surface area contributed by atoms with Crippen LogP contribution in [0.1, 0.15) is 13.8 Å². The van der Waals surface area contributed by atoms with Gasteiger partial charge in [-0.2, -0.15) is 0 Å². The lowest BCUT2D eigenvalue weighted by molar-refractivity contribution is 0.0347. The molecule has 88 valence electrons. The van der Waals surface area contributed by atoms with Gasteiger partial charge in [-0.1, -0.05) is 13.8 Å². The molecule has 0 bridgehead atoms. The highest BCUT2D eigenvalue weighted by atomic mass is 127. The molecule has 0 spiro atoms. The van der Waals surface area contributed by atoms with Gasteiger partial charge >= 0.3 is 0 Å². The quantitative estimate of drug-likeness (QED) is 0.366. The van der Waals surface area contributed by atoms with E-state index < -0.39 is 6.67 Å². The van der Waals surface area contributed by atoms with Crippen molar-refractivity contribution in [1.29, 1.82) is 0 Å². The minimum absolute atomic E-state index is 0.156. The maximum Gasteiger partial charge on any atom is 0.113 e. The molecule has 0 saturated carbocycles. The summed E-state index contributed by atoms with van der Waals surface area (Å²) in [7, 11) is 1.28. The summed E-state index contributed by atoms with van der Waals surface area (Å²) in [6.45, 7) is 5.78. The molecule has 0 N–H and O–H groups in total. The number of halogens is 2. The van der Waals surface area contributed by atoms with Crippen molar-refractivity contribution in [2.45, 2.75) is 13.8 Å². The van der Waals surface area contributed by atoms with Gasteiger partial charge in [0.1, 0.15) is 6.67 Å². The highest BCUT2D eigenvalue weighted by Crippen LogP contribution is 2.10. The third-order valence-corrected chi connectivity index (χ3v) is 1.97. The van der Waals surface area contributed by atoms with E-state index in [4.69, 9.17) is 13.7 Å². The summed E-state index contributed by atoms with van der Waals surface area (Å²) < 4.78 is 26.4. The molecule has 0 aliphatic heterocycles. The first-order valence-corrected chi connectivity index (χ1v) is 7.82. The summed E-state index contributed by atoms with van der Waals surface area (Å²) >= 11 is 2.04. The first-order valence-electron chi connectivity index (χ1n) is 4.53. The van der Waals surface area contributed by atoms with Crippen LogP contribution in [-0.2, 0) is 13.7 Å². The maximum absolute atomic E-state index is 11.5. The normalized spacial score (nSPS) is 9.43. The van der Waals surface area contributed by atoms with Crippen LogP contribution in [0.15, 0.2) is 0 Å². The minimum Gasteiger partial charge on any atom is -0.377 e. The van der Waals surface area contributed by atoms with E-state index in [0.29, 0.717) is 26.4 Å². The Kier molecular flexibility index (Phi) is 24.0. The Balaban J connectivity index is 0. The summed E-state index contributed by atoms with van der Waals surface area (Å²) in [5.74, 6) is 0. The van der Waals surface area contributed by atoms with Crippen LogP contribution in [0.5, 0.6) is 0 Å². The first-order chi connectivity index (χ1) is 6.91. The van der Waals surface area contributed by atoms with E-state index in [1.54, 1.807) is 0 Å². The third-order valence-electron chi connectivity index (χ3n) is 0.949. The Morgan fingerprint density at radius 3 is 2.00 bits per heavy atom. The van der Waals surface area contributed by atoms with Crippen molar-refractivity contribution in [2.75, 3.05) is 39.7 Å². The van der Waals surface area contributed by atoms with Gasteiger partial charge in [-0.25, -0.2) is 4.39 Å². The van der Waals surface area contributed by atoms with Gasteiger partial charge in [-0.3, -0.25) is 0 Å².